The first kappa shape index (κ1) is 23.2. The van der Waals surface area contributed by atoms with Gasteiger partial charge in [0, 0.05) is 5.69 Å². The highest BCUT2D eigenvalue weighted by Gasteiger charge is 2.47. The lowest BCUT2D eigenvalue weighted by molar-refractivity contribution is -0.184. The van der Waals surface area contributed by atoms with Gasteiger partial charge in [0.05, 0.1) is 25.2 Å². The molecule has 29 heavy (non-hydrogen) atoms. The summed E-state index contributed by atoms with van der Waals surface area (Å²) in [4.78, 5) is 46.2. The average Bonchev–Trinajstić information content (AvgIpc) is 2.64. The van der Waals surface area contributed by atoms with Crippen LogP contribution in [-0.2, 0) is 19.1 Å². The Morgan fingerprint density at radius 1 is 1.17 bits per heavy atom. The molecule has 0 radical (unpaired) electrons. The predicted octanol–water partition coefficient (Wildman–Crippen LogP) is 0.743. The van der Waals surface area contributed by atoms with Gasteiger partial charge in [-0.1, -0.05) is 0 Å². The van der Waals surface area contributed by atoms with Crippen LogP contribution in [-0.4, -0.2) is 54.4 Å². The molecule has 0 aliphatic heterocycles. The third-order valence-corrected chi connectivity index (χ3v) is 3.32. The van der Waals surface area contributed by atoms with E-state index < -0.39 is 48.6 Å². The van der Waals surface area contributed by atoms with Crippen LogP contribution >= 0.6 is 0 Å². The molecule has 13 heteroatoms. The number of urea groups is 1. The maximum atomic E-state index is 12.9. The number of rotatable bonds is 7. The molecule has 2 unspecified atom stereocenters. The molecule has 156 valence electrons. The number of hydrogen-bond acceptors (Lipinski definition) is 6. The molecular weight excluding hydrogens is 401 g/mol. The number of halogens is 3. The second kappa shape index (κ2) is 9.93. The van der Waals surface area contributed by atoms with E-state index >= 15 is 0 Å². The second-order valence-corrected chi connectivity index (χ2v) is 5.44. The molecule has 3 amide bonds. The van der Waals surface area contributed by atoms with E-state index in [1.165, 1.54) is 29.6 Å². The zero-order valence-corrected chi connectivity index (χ0v) is 14.7. The normalized spacial score (nSPS) is 12.7. The third kappa shape index (κ3) is 7.37. The quantitative estimate of drug-likeness (QED) is 0.477. The number of carbonyl (C=O) groups is 4. The molecular formula is C16H15F3N4O6. The fourth-order valence-electron chi connectivity index (χ4n) is 1.97. The number of hydrogen-bond donors (Lipinski definition) is 4. The minimum Gasteiger partial charge on any atom is -0.481 e. The molecule has 1 aromatic carbocycles. The molecule has 0 heterocycles. The fourth-order valence-corrected chi connectivity index (χ4v) is 1.97. The summed E-state index contributed by atoms with van der Waals surface area (Å²) in [6, 6.07) is 1.17. The summed E-state index contributed by atoms with van der Waals surface area (Å²) in [5, 5.41) is 23.0. The Kier molecular flexibility index (Phi) is 7.95. The average molecular weight is 416 g/mol. The Morgan fingerprint density at radius 3 is 2.21 bits per heavy atom. The second-order valence-electron chi connectivity index (χ2n) is 5.44. The first-order valence-corrected chi connectivity index (χ1v) is 7.72. The van der Waals surface area contributed by atoms with Crippen LogP contribution < -0.4 is 16.0 Å². The van der Waals surface area contributed by atoms with E-state index in [2.05, 4.69) is 10.1 Å². The summed E-state index contributed by atoms with van der Waals surface area (Å²) in [6.07, 6.45) is -6.26. The number of anilines is 1. The molecule has 4 N–H and O–H groups in total. The molecule has 2 atom stereocenters. The van der Waals surface area contributed by atoms with Crippen LogP contribution in [0.15, 0.2) is 24.3 Å². The number of carbonyl (C=O) groups excluding carboxylic acids is 3. The maximum Gasteiger partial charge on any atom is 0.419 e. The largest absolute Gasteiger partial charge is 0.481 e. The highest BCUT2D eigenvalue weighted by atomic mass is 19.4. The van der Waals surface area contributed by atoms with E-state index in [1.54, 1.807) is 0 Å². The number of benzene rings is 1. The number of ether oxygens (including phenoxy) is 1. The van der Waals surface area contributed by atoms with Gasteiger partial charge in [-0.25, -0.2) is 9.59 Å². The van der Waals surface area contributed by atoms with Gasteiger partial charge in [-0.15, -0.1) is 0 Å². The summed E-state index contributed by atoms with van der Waals surface area (Å²) >= 11 is 0. The summed E-state index contributed by atoms with van der Waals surface area (Å²) in [6.45, 7) is 0. The van der Waals surface area contributed by atoms with Crippen molar-refractivity contribution in [3.63, 3.8) is 0 Å². The fraction of sp³-hybridized carbons (Fsp3) is 0.312. The summed E-state index contributed by atoms with van der Waals surface area (Å²) in [5.74, 6) is -4.97. The molecule has 0 bridgehead atoms. The van der Waals surface area contributed by atoms with Crippen LogP contribution in [0.5, 0.6) is 0 Å². The molecule has 1 rings (SSSR count). The van der Waals surface area contributed by atoms with E-state index in [4.69, 9.17) is 10.4 Å². The van der Waals surface area contributed by atoms with Crippen molar-refractivity contribution >= 4 is 29.6 Å². The molecule has 0 fully saturated rings. The van der Waals surface area contributed by atoms with Crippen LogP contribution in [0.1, 0.15) is 12.0 Å². The minimum atomic E-state index is -5.21. The lowest BCUT2D eigenvalue weighted by atomic mass is 10.1. The highest BCUT2D eigenvalue weighted by Crippen LogP contribution is 2.21. The number of nitrogens with zero attached hydrogens (tertiary/aromatic N) is 1. The Balaban J connectivity index is 2.90. The molecule has 0 aliphatic rings. The summed E-state index contributed by atoms with van der Waals surface area (Å²) in [7, 11) is 0.672. The summed E-state index contributed by atoms with van der Waals surface area (Å²) in [5.41, 5.74) is 0.457. The van der Waals surface area contributed by atoms with Crippen LogP contribution in [0.25, 0.3) is 0 Å². The number of alkyl halides is 3. The van der Waals surface area contributed by atoms with Crippen LogP contribution in [0, 0.1) is 11.3 Å². The van der Waals surface area contributed by atoms with Crippen molar-refractivity contribution in [2.75, 3.05) is 12.4 Å². The van der Waals surface area contributed by atoms with Crippen molar-refractivity contribution in [2.45, 2.75) is 24.7 Å². The van der Waals surface area contributed by atoms with Crippen LogP contribution in [0.4, 0.5) is 23.7 Å². The van der Waals surface area contributed by atoms with E-state index in [1.807, 2.05) is 11.4 Å². The number of amides is 3. The standard InChI is InChI=1S/C16H15F3N4O6/c1-29-14(27)12(16(17,18)19)23-13(26)10(6-11(24)25)22-15(28)21-9-4-2-8(7-20)3-5-9/h2-5,10,12H,6H2,1H3,(H,23,26)(H,24,25)(H2,21,22,28). The van der Waals surface area contributed by atoms with Crippen molar-refractivity contribution in [3.05, 3.63) is 29.8 Å². The third-order valence-electron chi connectivity index (χ3n) is 3.32. The first-order chi connectivity index (χ1) is 13.5. The van der Waals surface area contributed by atoms with Crippen molar-refractivity contribution in [1.82, 2.24) is 10.6 Å². The SMILES string of the molecule is COC(=O)C(NC(=O)C(CC(=O)O)NC(=O)Nc1ccc(C#N)cc1)C(F)(F)F. The van der Waals surface area contributed by atoms with Crippen molar-refractivity contribution < 1.29 is 42.2 Å². The Hall–Kier alpha value is -3.82. The van der Waals surface area contributed by atoms with Crippen molar-refractivity contribution in [1.29, 1.82) is 5.26 Å². The van der Waals surface area contributed by atoms with E-state index in [9.17, 15) is 32.3 Å². The number of methoxy groups -OCH3 is 1. The van der Waals surface area contributed by atoms with E-state index in [0.717, 1.165) is 0 Å². The molecule has 0 aliphatic carbocycles. The number of carboxylic acids is 1. The zero-order chi connectivity index (χ0) is 22.2. The minimum absolute atomic E-state index is 0.165. The smallest absolute Gasteiger partial charge is 0.419 e. The van der Waals surface area contributed by atoms with Gasteiger partial charge in [0.15, 0.2) is 0 Å². The number of nitriles is 1. The number of carboxylic acid groups (broad SMARTS) is 1. The monoisotopic (exact) mass is 416 g/mol. The predicted molar refractivity (Wildman–Crippen MR) is 89.4 cm³/mol. The maximum absolute atomic E-state index is 12.9. The van der Waals surface area contributed by atoms with Crippen LogP contribution in [0.3, 0.4) is 0 Å². The van der Waals surface area contributed by atoms with Gasteiger partial charge in [0.2, 0.25) is 11.9 Å². The van der Waals surface area contributed by atoms with Crippen molar-refractivity contribution in [3.8, 4) is 6.07 Å². The van der Waals surface area contributed by atoms with Gasteiger partial charge in [-0.05, 0) is 24.3 Å². The molecule has 10 nitrogen and oxygen atoms in total. The number of esters is 1. The Bertz CT molecular complexity index is 819. The lowest BCUT2D eigenvalue weighted by Gasteiger charge is -2.23. The number of nitrogens with one attached hydrogen (secondary N) is 3. The molecule has 0 aromatic heterocycles. The zero-order valence-electron chi connectivity index (χ0n) is 14.7. The van der Waals surface area contributed by atoms with Crippen LogP contribution in [0.2, 0.25) is 0 Å². The molecule has 0 saturated carbocycles. The van der Waals surface area contributed by atoms with Gasteiger partial charge in [-0.2, -0.15) is 18.4 Å². The van der Waals surface area contributed by atoms with E-state index in [-0.39, 0.29) is 5.69 Å². The molecule has 0 saturated heterocycles. The highest BCUT2D eigenvalue weighted by molar-refractivity contribution is 5.96. The lowest BCUT2D eigenvalue weighted by Crippen LogP contribution is -2.57. The molecule has 0 spiro atoms. The van der Waals surface area contributed by atoms with Crippen molar-refractivity contribution in [2.24, 2.45) is 0 Å². The van der Waals surface area contributed by atoms with Gasteiger partial charge in [0.25, 0.3) is 0 Å². The summed E-state index contributed by atoms with van der Waals surface area (Å²) < 4.78 is 42.7. The Labute approximate surface area is 161 Å². The van der Waals surface area contributed by atoms with Gasteiger partial charge < -0.3 is 25.8 Å². The van der Waals surface area contributed by atoms with E-state index in [0.29, 0.717) is 12.7 Å². The topological polar surface area (TPSA) is 158 Å². The number of aliphatic carboxylic acids is 1. The van der Waals surface area contributed by atoms with Gasteiger partial charge in [0.1, 0.15) is 6.04 Å². The van der Waals surface area contributed by atoms with Gasteiger partial charge in [-0.3, -0.25) is 9.59 Å². The van der Waals surface area contributed by atoms with Gasteiger partial charge >= 0.3 is 24.1 Å². The Morgan fingerprint density at radius 2 is 1.76 bits per heavy atom. The molecule has 1 aromatic rings. The first-order valence-electron chi connectivity index (χ1n) is 7.72.